The minimum absolute atomic E-state index is 0.271. The van der Waals surface area contributed by atoms with Crippen molar-refractivity contribution >= 4 is 5.97 Å². The maximum absolute atomic E-state index is 10.7. The maximum atomic E-state index is 10.7. The molecule has 2 aromatic rings. The molecule has 0 bridgehead atoms. The Labute approximate surface area is 105 Å². The number of rotatable bonds is 4. The zero-order valence-corrected chi connectivity index (χ0v) is 9.96. The van der Waals surface area contributed by atoms with Crippen molar-refractivity contribution in [2.24, 2.45) is 0 Å². The molecule has 4 heteroatoms. The summed E-state index contributed by atoms with van der Waals surface area (Å²) in [6.45, 7) is 2.27. The van der Waals surface area contributed by atoms with Crippen molar-refractivity contribution in [2.45, 2.75) is 13.5 Å². The fourth-order valence-corrected chi connectivity index (χ4v) is 1.50. The van der Waals surface area contributed by atoms with Crippen LogP contribution in [0.4, 0.5) is 0 Å². The summed E-state index contributed by atoms with van der Waals surface area (Å²) in [6, 6.07) is 12.2. The molecule has 92 valence electrons. The summed E-state index contributed by atoms with van der Waals surface area (Å²) >= 11 is 0. The van der Waals surface area contributed by atoms with E-state index >= 15 is 0 Å². The molecule has 0 amide bonds. The van der Waals surface area contributed by atoms with Crippen LogP contribution in [-0.4, -0.2) is 16.1 Å². The fourth-order valence-electron chi connectivity index (χ4n) is 1.50. The highest BCUT2D eigenvalue weighted by Gasteiger charge is 2.02. The van der Waals surface area contributed by atoms with Gasteiger partial charge in [0.2, 0.25) is 5.88 Å². The van der Waals surface area contributed by atoms with Crippen LogP contribution in [0.5, 0.6) is 5.88 Å². The van der Waals surface area contributed by atoms with E-state index in [9.17, 15) is 4.79 Å². The van der Waals surface area contributed by atoms with Gasteiger partial charge >= 0.3 is 5.97 Å². The molecular formula is C14H13NO3. The second-order valence-corrected chi connectivity index (χ2v) is 3.91. The third kappa shape index (κ3) is 3.07. The van der Waals surface area contributed by atoms with Crippen molar-refractivity contribution in [1.82, 2.24) is 4.98 Å². The fraction of sp³-hybridized carbons (Fsp3) is 0.143. The summed E-state index contributed by atoms with van der Waals surface area (Å²) in [7, 11) is 0. The Morgan fingerprint density at radius 3 is 2.56 bits per heavy atom. The molecule has 0 fully saturated rings. The van der Waals surface area contributed by atoms with Crippen LogP contribution in [-0.2, 0) is 6.61 Å². The monoisotopic (exact) mass is 243 g/mol. The Bertz CT molecular complexity index is 549. The van der Waals surface area contributed by atoms with Crippen molar-refractivity contribution in [1.29, 1.82) is 0 Å². The number of aryl methyl sites for hydroxylation is 1. The van der Waals surface area contributed by atoms with Gasteiger partial charge in [-0.2, -0.15) is 0 Å². The number of carboxylic acid groups (broad SMARTS) is 1. The number of hydrogen-bond acceptors (Lipinski definition) is 3. The zero-order valence-electron chi connectivity index (χ0n) is 9.96. The summed E-state index contributed by atoms with van der Waals surface area (Å²) < 4.78 is 5.51. The van der Waals surface area contributed by atoms with Gasteiger partial charge < -0.3 is 9.84 Å². The molecule has 0 radical (unpaired) electrons. The number of aromatic carboxylic acids is 1. The van der Waals surface area contributed by atoms with Gasteiger partial charge in [-0.25, -0.2) is 9.78 Å². The van der Waals surface area contributed by atoms with Crippen LogP contribution in [0.1, 0.15) is 21.6 Å². The first-order valence-electron chi connectivity index (χ1n) is 5.54. The van der Waals surface area contributed by atoms with Crippen molar-refractivity contribution in [2.75, 3.05) is 0 Å². The lowest BCUT2D eigenvalue weighted by Gasteiger charge is -2.06. The third-order valence-electron chi connectivity index (χ3n) is 2.45. The molecule has 0 aliphatic carbocycles. The lowest BCUT2D eigenvalue weighted by molar-refractivity contribution is 0.0697. The van der Waals surface area contributed by atoms with Gasteiger partial charge in [-0.1, -0.05) is 18.2 Å². The maximum Gasteiger partial charge on any atom is 0.335 e. The number of aromatic nitrogens is 1. The summed E-state index contributed by atoms with van der Waals surface area (Å²) in [4.78, 5) is 14.9. The molecule has 0 spiro atoms. The minimum atomic E-state index is -0.928. The molecule has 18 heavy (non-hydrogen) atoms. The summed E-state index contributed by atoms with van der Waals surface area (Å²) in [5, 5.41) is 8.77. The SMILES string of the molecule is Cc1cccc(OCc2ccc(C(=O)O)cc2)n1. The standard InChI is InChI=1S/C14H13NO3/c1-10-3-2-4-13(15-10)18-9-11-5-7-12(8-6-11)14(16)17/h2-8H,9H2,1H3,(H,16,17). The van der Waals surface area contributed by atoms with E-state index in [1.165, 1.54) is 0 Å². The lowest BCUT2D eigenvalue weighted by Crippen LogP contribution is -2.00. The molecule has 0 saturated heterocycles. The predicted molar refractivity (Wildman–Crippen MR) is 66.7 cm³/mol. The summed E-state index contributed by atoms with van der Waals surface area (Å²) in [5.41, 5.74) is 2.07. The van der Waals surface area contributed by atoms with E-state index in [0.717, 1.165) is 11.3 Å². The highest BCUT2D eigenvalue weighted by molar-refractivity contribution is 5.87. The number of nitrogens with zero attached hydrogens (tertiary/aromatic N) is 1. The van der Waals surface area contributed by atoms with Crippen LogP contribution < -0.4 is 4.74 Å². The summed E-state index contributed by atoms with van der Waals surface area (Å²) in [6.07, 6.45) is 0. The largest absolute Gasteiger partial charge is 0.478 e. The van der Waals surface area contributed by atoms with Gasteiger partial charge in [0, 0.05) is 11.8 Å². The van der Waals surface area contributed by atoms with Gasteiger partial charge in [-0.15, -0.1) is 0 Å². The second-order valence-electron chi connectivity index (χ2n) is 3.91. The van der Waals surface area contributed by atoms with E-state index in [2.05, 4.69) is 4.98 Å². The zero-order chi connectivity index (χ0) is 13.0. The number of ether oxygens (including phenoxy) is 1. The molecule has 1 heterocycles. The molecule has 0 saturated carbocycles. The van der Waals surface area contributed by atoms with Crippen LogP contribution in [0, 0.1) is 6.92 Å². The van der Waals surface area contributed by atoms with Crippen LogP contribution in [0.3, 0.4) is 0 Å². The van der Waals surface area contributed by atoms with Gasteiger partial charge in [-0.05, 0) is 30.7 Å². The Hall–Kier alpha value is -2.36. The molecule has 1 aromatic carbocycles. The van der Waals surface area contributed by atoms with E-state index in [1.54, 1.807) is 30.3 Å². The number of hydrogen-bond donors (Lipinski definition) is 1. The van der Waals surface area contributed by atoms with Gasteiger partial charge in [0.05, 0.1) is 5.56 Å². The smallest absolute Gasteiger partial charge is 0.335 e. The lowest BCUT2D eigenvalue weighted by atomic mass is 10.1. The minimum Gasteiger partial charge on any atom is -0.478 e. The Balaban J connectivity index is 2.00. The van der Waals surface area contributed by atoms with Crippen LogP contribution in [0.15, 0.2) is 42.5 Å². The van der Waals surface area contributed by atoms with Crippen molar-refractivity contribution in [3.05, 3.63) is 59.3 Å². The second kappa shape index (κ2) is 5.31. The number of benzene rings is 1. The first-order chi connectivity index (χ1) is 8.65. The molecule has 0 aliphatic rings. The Kier molecular flexibility index (Phi) is 3.57. The first-order valence-corrected chi connectivity index (χ1v) is 5.54. The average molecular weight is 243 g/mol. The molecule has 0 unspecified atom stereocenters. The van der Waals surface area contributed by atoms with E-state index in [4.69, 9.17) is 9.84 Å². The molecule has 2 rings (SSSR count). The number of pyridine rings is 1. The van der Waals surface area contributed by atoms with Crippen molar-refractivity contribution in [3.63, 3.8) is 0 Å². The van der Waals surface area contributed by atoms with Gasteiger partial charge in [-0.3, -0.25) is 0 Å². The van der Waals surface area contributed by atoms with Gasteiger partial charge in [0.25, 0.3) is 0 Å². The van der Waals surface area contributed by atoms with E-state index < -0.39 is 5.97 Å². The predicted octanol–water partition coefficient (Wildman–Crippen LogP) is 2.67. The van der Waals surface area contributed by atoms with Crippen LogP contribution in [0.25, 0.3) is 0 Å². The van der Waals surface area contributed by atoms with Gasteiger partial charge in [0.15, 0.2) is 0 Å². The number of carbonyl (C=O) groups is 1. The van der Waals surface area contributed by atoms with Crippen LogP contribution >= 0.6 is 0 Å². The first kappa shape index (κ1) is 12.1. The van der Waals surface area contributed by atoms with E-state index in [1.807, 2.05) is 19.1 Å². The van der Waals surface area contributed by atoms with E-state index in [-0.39, 0.29) is 5.56 Å². The Morgan fingerprint density at radius 2 is 1.94 bits per heavy atom. The molecule has 0 aliphatic heterocycles. The quantitative estimate of drug-likeness (QED) is 0.896. The molecule has 0 atom stereocenters. The number of carboxylic acids is 1. The highest BCUT2D eigenvalue weighted by atomic mass is 16.5. The highest BCUT2D eigenvalue weighted by Crippen LogP contribution is 2.11. The third-order valence-corrected chi connectivity index (χ3v) is 2.45. The molecule has 4 nitrogen and oxygen atoms in total. The molecular weight excluding hydrogens is 230 g/mol. The normalized spacial score (nSPS) is 10.1. The Morgan fingerprint density at radius 1 is 1.22 bits per heavy atom. The molecule has 1 aromatic heterocycles. The average Bonchev–Trinajstić information content (AvgIpc) is 2.37. The van der Waals surface area contributed by atoms with E-state index in [0.29, 0.717) is 12.5 Å². The molecule has 1 N–H and O–H groups in total. The van der Waals surface area contributed by atoms with Crippen molar-refractivity contribution < 1.29 is 14.6 Å². The van der Waals surface area contributed by atoms with Crippen LogP contribution in [0.2, 0.25) is 0 Å². The van der Waals surface area contributed by atoms with Crippen molar-refractivity contribution in [3.8, 4) is 5.88 Å². The topological polar surface area (TPSA) is 59.4 Å². The summed E-state index contributed by atoms with van der Waals surface area (Å²) in [5.74, 6) is -0.361. The van der Waals surface area contributed by atoms with Gasteiger partial charge in [0.1, 0.15) is 6.61 Å².